The molecule has 1 unspecified atom stereocenters. The maximum Gasteiger partial charge on any atom is 0.222 e. The van der Waals surface area contributed by atoms with E-state index in [0.29, 0.717) is 13.0 Å². The van der Waals surface area contributed by atoms with Crippen LogP contribution in [-0.2, 0) is 17.8 Å². The molecule has 2 aromatic heterocycles. The molecule has 5 heteroatoms. The van der Waals surface area contributed by atoms with Crippen molar-refractivity contribution in [2.24, 2.45) is 0 Å². The van der Waals surface area contributed by atoms with Crippen molar-refractivity contribution in [2.45, 2.75) is 38.3 Å². The number of nitrogens with one attached hydrogen (secondary N) is 1. The molecule has 4 rings (SSSR count). The molecule has 1 N–H and O–H groups in total. The first-order valence-corrected chi connectivity index (χ1v) is 8.07. The molecule has 118 valence electrons. The highest BCUT2D eigenvalue weighted by molar-refractivity contribution is 5.77. The van der Waals surface area contributed by atoms with Gasteiger partial charge in [0.15, 0.2) is 0 Å². The first-order valence-electron chi connectivity index (χ1n) is 8.07. The summed E-state index contributed by atoms with van der Waals surface area (Å²) in [5.41, 5.74) is 3.16. The molecular weight excluding hydrogens is 290 g/mol. The summed E-state index contributed by atoms with van der Waals surface area (Å²) >= 11 is 0. The molecule has 5 nitrogen and oxygen atoms in total. The van der Waals surface area contributed by atoms with Crippen molar-refractivity contribution < 1.29 is 9.21 Å². The standard InChI is InChI=1S/C18H19N3O2/c22-18(20-14-5-3-7-17-13(14)9-11-23-17)8-10-21-12-19-15-4-1-2-6-16(15)21/h1-2,4,6,9,11-12,14H,3,5,7-8,10H2,(H,20,22). The number of hydrogen-bond donors (Lipinski definition) is 1. The third-order valence-electron chi connectivity index (χ3n) is 4.49. The third-order valence-corrected chi connectivity index (χ3v) is 4.49. The van der Waals surface area contributed by atoms with E-state index in [1.165, 1.54) is 0 Å². The van der Waals surface area contributed by atoms with Crippen LogP contribution in [0.4, 0.5) is 0 Å². The number of carbonyl (C=O) groups excluding carboxylic acids is 1. The lowest BCUT2D eigenvalue weighted by Gasteiger charge is -2.22. The fourth-order valence-corrected chi connectivity index (χ4v) is 3.31. The molecule has 2 heterocycles. The number of nitrogens with zero attached hydrogens (tertiary/aromatic N) is 2. The molecule has 0 bridgehead atoms. The van der Waals surface area contributed by atoms with Gasteiger partial charge in [0.25, 0.3) is 0 Å². The summed E-state index contributed by atoms with van der Waals surface area (Å²) in [5, 5.41) is 3.14. The highest BCUT2D eigenvalue weighted by atomic mass is 16.3. The smallest absolute Gasteiger partial charge is 0.222 e. The minimum Gasteiger partial charge on any atom is -0.469 e. The van der Waals surface area contributed by atoms with Gasteiger partial charge in [0.1, 0.15) is 5.76 Å². The Labute approximate surface area is 134 Å². The van der Waals surface area contributed by atoms with Gasteiger partial charge in [0.2, 0.25) is 5.91 Å². The van der Waals surface area contributed by atoms with Crippen molar-refractivity contribution in [1.82, 2.24) is 14.9 Å². The number of carbonyl (C=O) groups is 1. The van der Waals surface area contributed by atoms with Gasteiger partial charge >= 0.3 is 0 Å². The predicted octanol–water partition coefficient (Wildman–Crippen LogP) is 3.21. The summed E-state index contributed by atoms with van der Waals surface area (Å²) in [5.74, 6) is 1.09. The first kappa shape index (κ1) is 14.1. The fraction of sp³-hybridized carbons (Fsp3) is 0.333. The number of rotatable bonds is 4. The van der Waals surface area contributed by atoms with Crippen LogP contribution in [0.1, 0.15) is 36.6 Å². The zero-order valence-electron chi connectivity index (χ0n) is 12.9. The van der Waals surface area contributed by atoms with Crippen LogP contribution in [0.3, 0.4) is 0 Å². The number of benzene rings is 1. The van der Waals surface area contributed by atoms with Crippen LogP contribution in [0.15, 0.2) is 47.3 Å². The minimum absolute atomic E-state index is 0.0711. The largest absolute Gasteiger partial charge is 0.469 e. The number of fused-ring (bicyclic) bond motifs is 2. The summed E-state index contributed by atoms with van der Waals surface area (Å²) in [4.78, 5) is 16.7. The van der Waals surface area contributed by atoms with Crippen molar-refractivity contribution in [2.75, 3.05) is 0 Å². The second-order valence-electron chi connectivity index (χ2n) is 5.99. The number of furan rings is 1. The number of aryl methyl sites for hydroxylation is 2. The SMILES string of the molecule is O=C(CCn1cnc2ccccc21)NC1CCCc2occc21. The van der Waals surface area contributed by atoms with Crippen LogP contribution in [0.25, 0.3) is 11.0 Å². The van der Waals surface area contributed by atoms with E-state index in [1.54, 1.807) is 12.6 Å². The van der Waals surface area contributed by atoms with Crippen LogP contribution >= 0.6 is 0 Å². The van der Waals surface area contributed by atoms with Gasteiger partial charge in [-0.15, -0.1) is 0 Å². The van der Waals surface area contributed by atoms with Crippen LogP contribution in [-0.4, -0.2) is 15.5 Å². The summed E-state index contributed by atoms with van der Waals surface area (Å²) in [6.45, 7) is 0.636. The molecule has 0 spiro atoms. The highest BCUT2D eigenvalue weighted by Crippen LogP contribution is 2.30. The van der Waals surface area contributed by atoms with E-state index in [-0.39, 0.29) is 11.9 Å². The summed E-state index contributed by atoms with van der Waals surface area (Å²) in [6.07, 6.45) is 6.96. The van der Waals surface area contributed by atoms with Gasteiger partial charge in [-0.05, 0) is 31.0 Å². The van der Waals surface area contributed by atoms with E-state index in [0.717, 1.165) is 41.6 Å². The molecule has 0 saturated carbocycles. The molecule has 1 aliphatic rings. The van der Waals surface area contributed by atoms with Crippen LogP contribution in [0, 0.1) is 0 Å². The normalized spacial score (nSPS) is 17.1. The van der Waals surface area contributed by atoms with Gasteiger partial charge in [0.05, 0.1) is 29.7 Å². The van der Waals surface area contributed by atoms with E-state index in [4.69, 9.17) is 4.42 Å². The lowest BCUT2D eigenvalue weighted by molar-refractivity contribution is -0.122. The Balaban J connectivity index is 1.40. The molecule has 1 amide bonds. The lowest BCUT2D eigenvalue weighted by Crippen LogP contribution is -2.31. The Morgan fingerprint density at radius 3 is 3.22 bits per heavy atom. The van der Waals surface area contributed by atoms with E-state index in [2.05, 4.69) is 10.3 Å². The highest BCUT2D eigenvalue weighted by Gasteiger charge is 2.23. The monoisotopic (exact) mass is 309 g/mol. The van der Waals surface area contributed by atoms with Crippen LogP contribution in [0.2, 0.25) is 0 Å². The van der Waals surface area contributed by atoms with E-state index >= 15 is 0 Å². The maximum absolute atomic E-state index is 12.3. The number of hydrogen-bond acceptors (Lipinski definition) is 3. The summed E-state index contributed by atoms with van der Waals surface area (Å²) < 4.78 is 7.50. The van der Waals surface area contributed by atoms with E-state index in [9.17, 15) is 4.79 Å². The van der Waals surface area contributed by atoms with Gasteiger partial charge in [-0.2, -0.15) is 0 Å². The van der Waals surface area contributed by atoms with Crippen molar-refractivity contribution in [3.8, 4) is 0 Å². The molecule has 0 fully saturated rings. The Kier molecular flexibility index (Phi) is 3.61. The average Bonchev–Trinajstić information content (AvgIpc) is 3.20. The Hall–Kier alpha value is -2.56. The van der Waals surface area contributed by atoms with E-state index in [1.807, 2.05) is 34.9 Å². The fourth-order valence-electron chi connectivity index (χ4n) is 3.31. The molecule has 1 atom stereocenters. The molecule has 1 aliphatic carbocycles. The van der Waals surface area contributed by atoms with Crippen molar-refractivity contribution in [3.05, 3.63) is 54.2 Å². The lowest BCUT2D eigenvalue weighted by atomic mass is 9.93. The summed E-state index contributed by atoms with van der Waals surface area (Å²) in [6, 6.07) is 10.0. The number of amides is 1. The third kappa shape index (κ3) is 2.74. The second-order valence-corrected chi connectivity index (χ2v) is 5.99. The molecular formula is C18H19N3O2. The Bertz CT molecular complexity index is 834. The van der Waals surface area contributed by atoms with Gasteiger partial charge < -0.3 is 14.3 Å². The molecule has 3 aromatic rings. The molecule has 23 heavy (non-hydrogen) atoms. The van der Waals surface area contributed by atoms with Crippen molar-refractivity contribution >= 4 is 16.9 Å². The topological polar surface area (TPSA) is 60.1 Å². The molecule has 0 saturated heterocycles. The first-order chi connectivity index (χ1) is 11.3. The molecule has 0 aliphatic heterocycles. The van der Waals surface area contributed by atoms with Crippen molar-refractivity contribution in [1.29, 1.82) is 0 Å². The van der Waals surface area contributed by atoms with Crippen LogP contribution < -0.4 is 5.32 Å². The quantitative estimate of drug-likeness (QED) is 0.805. The average molecular weight is 309 g/mol. The minimum atomic E-state index is 0.0711. The van der Waals surface area contributed by atoms with Gasteiger partial charge in [-0.3, -0.25) is 4.79 Å². The number of imidazole rings is 1. The molecule has 0 radical (unpaired) electrons. The van der Waals surface area contributed by atoms with E-state index < -0.39 is 0 Å². The van der Waals surface area contributed by atoms with Gasteiger partial charge in [-0.1, -0.05) is 12.1 Å². The van der Waals surface area contributed by atoms with Crippen LogP contribution in [0.5, 0.6) is 0 Å². The zero-order valence-corrected chi connectivity index (χ0v) is 12.9. The summed E-state index contributed by atoms with van der Waals surface area (Å²) in [7, 11) is 0. The van der Waals surface area contributed by atoms with Gasteiger partial charge in [0, 0.05) is 24.9 Å². The zero-order chi connectivity index (χ0) is 15.6. The maximum atomic E-state index is 12.3. The predicted molar refractivity (Wildman–Crippen MR) is 86.9 cm³/mol. The molecule has 1 aromatic carbocycles. The Morgan fingerprint density at radius 2 is 2.26 bits per heavy atom. The number of aromatic nitrogens is 2. The second kappa shape index (κ2) is 5.91. The van der Waals surface area contributed by atoms with Gasteiger partial charge in [-0.25, -0.2) is 4.98 Å². The van der Waals surface area contributed by atoms with Crippen molar-refractivity contribution in [3.63, 3.8) is 0 Å². The number of para-hydroxylation sites is 2. The Morgan fingerprint density at radius 1 is 1.35 bits per heavy atom.